The number of thioether (sulfide) groups is 1. The van der Waals surface area contributed by atoms with Gasteiger partial charge in [-0.3, -0.25) is 0 Å². The zero-order valence-electron chi connectivity index (χ0n) is 9.88. The quantitative estimate of drug-likeness (QED) is 0.685. The van der Waals surface area contributed by atoms with Gasteiger partial charge < -0.3 is 14.5 Å². The maximum Gasteiger partial charge on any atom is 0.138 e. The van der Waals surface area contributed by atoms with E-state index in [1.54, 1.807) is 13.4 Å². The summed E-state index contributed by atoms with van der Waals surface area (Å²) in [5, 5.41) is 3.13. The van der Waals surface area contributed by atoms with Gasteiger partial charge in [0.05, 0.1) is 19.9 Å². The Balaban J connectivity index is 1.86. The molecule has 1 aromatic carbocycles. The van der Waals surface area contributed by atoms with Gasteiger partial charge in [0.2, 0.25) is 0 Å². The molecule has 18 heavy (non-hydrogen) atoms. The van der Waals surface area contributed by atoms with Crippen molar-refractivity contribution in [2.45, 2.75) is 11.4 Å². The molecule has 0 aliphatic rings. The minimum atomic E-state index is 0.600. The van der Waals surface area contributed by atoms with Crippen LogP contribution in [0.4, 0.5) is 0 Å². The summed E-state index contributed by atoms with van der Waals surface area (Å²) in [5.74, 6) is 1.69. The van der Waals surface area contributed by atoms with Crippen LogP contribution in [-0.2, 0) is 6.54 Å². The molecule has 0 radical (unpaired) electrons. The Morgan fingerprint density at radius 3 is 3.00 bits per heavy atom. The molecular weight excluding hydrogens is 266 g/mol. The highest BCUT2D eigenvalue weighted by atomic mass is 32.2. The number of hydrogen-bond acceptors (Lipinski definition) is 4. The summed E-state index contributed by atoms with van der Waals surface area (Å²) in [5.41, 5.74) is 0. The van der Waals surface area contributed by atoms with E-state index in [2.05, 4.69) is 5.32 Å². The first-order chi connectivity index (χ1) is 8.78. The van der Waals surface area contributed by atoms with Gasteiger partial charge in [0.1, 0.15) is 15.8 Å². The third kappa shape index (κ3) is 3.78. The van der Waals surface area contributed by atoms with Crippen LogP contribution in [0.25, 0.3) is 0 Å². The van der Waals surface area contributed by atoms with Crippen molar-refractivity contribution in [1.82, 2.24) is 5.32 Å². The predicted octanol–water partition coefficient (Wildman–Crippen LogP) is 3.46. The topological polar surface area (TPSA) is 34.4 Å². The number of thiocarbonyl (C=S) groups is 1. The monoisotopic (exact) mass is 279 g/mol. The standard InChI is InChI=1S/C13H13NO2S2/c1-15-10-4-2-6-12(8-10)18-13(17)14-9-11-5-3-7-16-11/h2-8H,9H2,1H3,(H,14,17). The van der Waals surface area contributed by atoms with Crippen LogP contribution in [0.2, 0.25) is 0 Å². The minimum absolute atomic E-state index is 0.600. The maximum atomic E-state index is 5.26. The third-order valence-corrected chi connectivity index (χ3v) is 3.45. The van der Waals surface area contributed by atoms with Gasteiger partial charge >= 0.3 is 0 Å². The summed E-state index contributed by atoms with van der Waals surface area (Å²) in [6, 6.07) is 11.6. The second-order valence-corrected chi connectivity index (χ2v) is 5.25. The molecule has 5 heteroatoms. The third-order valence-electron chi connectivity index (χ3n) is 2.24. The molecule has 0 spiro atoms. The first kappa shape index (κ1) is 13.0. The van der Waals surface area contributed by atoms with E-state index < -0.39 is 0 Å². The fourth-order valence-electron chi connectivity index (χ4n) is 1.38. The van der Waals surface area contributed by atoms with Crippen LogP contribution in [0, 0.1) is 0 Å². The first-order valence-electron chi connectivity index (χ1n) is 5.40. The molecule has 94 valence electrons. The Labute approximate surface area is 116 Å². The highest BCUT2D eigenvalue weighted by Gasteiger charge is 2.02. The highest BCUT2D eigenvalue weighted by Crippen LogP contribution is 2.23. The normalized spacial score (nSPS) is 10.1. The number of ether oxygens (including phenoxy) is 1. The van der Waals surface area contributed by atoms with Gasteiger partial charge in [-0.15, -0.1) is 0 Å². The van der Waals surface area contributed by atoms with Gasteiger partial charge in [0, 0.05) is 4.90 Å². The Kier molecular flexibility index (Phi) is 4.66. The number of hydrogen-bond donors (Lipinski definition) is 1. The predicted molar refractivity (Wildman–Crippen MR) is 77.0 cm³/mol. The molecule has 0 amide bonds. The molecule has 1 heterocycles. The average Bonchev–Trinajstić information content (AvgIpc) is 2.90. The molecule has 2 rings (SSSR count). The molecule has 2 aromatic rings. The molecule has 1 N–H and O–H groups in total. The molecule has 0 unspecified atom stereocenters. The van der Waals surface area contributed by atoms with Crippen molar-refractivity contribution in [3.05, 3.63) is 48.4 Å². The van der Waals surface area contributed by atoms with Gasteiger partial charge in [-0.1, -0.05) is 30.0 Å². The number of rotatable bonds is 4. The maximum absolute atomic E-state index is 5.26. The summed E-state index contributed by atoms with van der Waals surface area (Å²) < 4.78 is 11.1. The number of methoxy groups -OCH3 is 1. The minimum Gasteiger partial charge on any atom is -0.497 e. The lowest BCUT2D eigenvalue weighted by Crippen LogP contribution is -2.16. The van der Waals surface area contributed by atoms with E-state index in [9.17, 15) is 0 Å². The zero-order valence-corrected chi connectivity index (χ0v) is 11.5. The van der Waals surface area contributed by atoms with Gasteiger partial charge in [0.15, 0.2) is 0 Å². The molecule has 0 atom stereocenters. The lowest BCUT2D eigenvalue weighted by Gasteiger charge is -2.07. The van der Waals surface area contributed by atoms with Crippen molar-refractivity contribution in [2.24, 2.45) is 0 Å². The molecule has 0 saturated carbocycles. The molecule has 0 aliphatic heterocycles. The van der Waals surface area contributed by atoms with Crippen molar-refractivity contribution in [3.8, 4) is 5.75 Å². The lowest BCUT2D eigenvalue weighted by atomic mass is 10.3. The largest absolute Gasteiger partial charge is 0.497 e. The van der Waals surface area contributed by atoms with Crippen LogP contribution in [0.15, 0.2) is 52.0 Å². The van der Waals surface area contributed by atoms with Crippen LogP contribution in [0.3, 0.4) is 0 Å². The Morgan fingerprint density at radius 2 is 2.28 bits per heavy atom. The van der Waals surface area contributed by atoms with Gasteiger partial charge in [-0.05, 0) is 30.3 Å². The SMILES string of the molecule is COc1cccc(SC(=S)NCc2ccco2)c1. The molecule has 0 aliphatic carbocycles. The summed E-state index contributed by atoms with van der Waals surface area (Å²) >= 11 is 6.75. The second-order valence-electron chi connectivity index (χ2n) is 3.50. The van der Waals surface area contributed by atoms with Crippen molar-refractivity contribution in [3.63, 3.8) is 0 Å². The van der Waals surface area contributed by atoms with E-state index in [1.807, 2.05) is 36.4 Å². The smallest absolute Gasteiger partial charge is 0.138 e. The summed E-state index contributed by atoms with van der Waals surface area (Å²) in [6.07, 6.45) is 1.65. The molecule has 0 fully saturated rings. The molecular formula is C13H13NO2S2. The van der Waals surface area contributed by atoms with Crippen molar-refractivity contribution < 1.29 is 9.15 Å². The van der Waals surface area contributed by atoms with Crippen molar-refractivity contribution in [2.75, 3.05) is 7.11 Å². The fraction of sp³-hybridized carbons (Fsp3) is 0.154. The number of furan rings is 1. The summed E-state index contributed by atoms with van der Waals surface area (Å²) in [7, 11) is 1.65. The van der Waals surface area contributed by atoms with Crippen molar-refractivity contribution >= 4 is 28.3 Å². The van der Waals surface area contributed by atoms with Gasteiger partial charge in [0.25, 0.3) is 0 Å². The fourth-order valence-corrected chi connectivity index (χ4v) is 2.42. The van der Waals surface area contributed by atoms with E-state index >= 15 is 0 Å². The molecule has 0 saturated heterocycles. The molecule has 3 nitrogen and oxygen atoms in total. The van der Waals surface area contributed by atoms with Crippen LogP contribution in [0.5, 0.6) is 5.75 Å². The zero-order chi connectivity index (χ0) is 12.8. The van der Waals surface area contributed by atoms with E-state index in [0.717, 1.165) is 16.4 Å². The Hall–Kier alpha value is -1.46. The van der Waals surface area contributed by atoms with E-state index in [1.165, 1.54) is 11.8 Å². The Morgan fingerprint density at radius 1 is 1.39 bits per heavy atom. The van der Waals surface area contributed by atoms with E-state index in [0.29, 0.717) is 10.9 Å². The Bertz CT molecular complexity index is 511. The first-order valence-corrected chi connectivity index (χ1v) is 6.62. The molecule has 0 bridgehead atoms. The van der Waals surface area contributed by atoms with Crippen LogP contribution < -0.4 is 10.1 Å². The van der Waals surface area contributed by atoms with Crippen LogP contribution in [0.1, 0.15) is 5.76 Å². The highest BCUT2D eigenvalue weighted by molar-refractivity contribution is 8.23. The summed E-state index contributed by atoms with van der Waals surface area (Å²) in [4.78, 5) is 1.05. The number of benzene rings is 1. The second kappa shape index (κ2) is 6.47. The molecule has 1 aromatic heterocycles. The van der Waals surface area contributed by atoms with Gasteiger partial charge in [-0.25, -0.2) is 0 Å². The lowest BCUT2D eigenvalue weighted by molar-refractivity contribution is 0.413. The van der Waals surface area contributed by atoms with Gasteiger partial charge in [-0.2, -0.15) is 0 Å². The van der Waals surface area contributed by atoms with Crippen LogP contribution in [-0.4, -0.2) is 11.4 Å². The number of nitrogens with one attached hydrogen (secondary N) is 1. The van der Waals surface area contributed by atoms with Crippen LogP contribution >= 0.6 is 24.0 Å². The van der Waals surface area contributed by atoms with E-state index in [-0.39, 0.29) is 0 Å². The average molecular weight is 279 g/mol. The summed E-state index contributed by atoms with van der Waals surface area (Å²) in [6.45, 7) is 0.600. The van der Waals surface area contributed by atoms with Crippen molar-refractivity contribution in [1.29, 1.82) is 0 Å². The van der Waals surface area contributed by atoms with E-state index in [4.69, 9.17) is 21.4 Å².